The first-order valence-electron chi connectivity index (χ1n) is 6.69. The average molecular weight is 297 g/mol. The summed E-state index contributed by atoms with van der Waals surface area (Å²) in [6.07, 6.45) is 5.48. The minimum absolute atomic E-state index is 0.238. The van der Waals surface area contributed by atoms with Gasteiger partial charge in [0, 0.05) is 18.5 Å². The Morgan fingerprint density at radius 3 is 2.83 bits per heavy atom. The molecule has 1 N–H and O–H groups in total. The third-order valence-corrected chi connectivity index (χ3v) is 4.83. The summed E-state index contributed by atoms with van der Waals surface area (Å²) in [5.74, 6) is 0.446. The molecule has 0 aromatic carbocycles. The zero-order chi connectivity index (χ0) is 13.6. The summed E-state index contributed by atoms with van der Waals surface area (Å²) in [7, 11) is -3.02. The summed E-state index contributed by atoms with van der Waals surface area (Å²) in [5.41, 5.74) is 0. The van der Waals surface area contributed by atoms with Gasteiger partial charge in [-0.1, -0.05) is 0 Å². The maximum absolute atomic E-state index is 11.5. The number of nitrogens with zero attached hydrogens (tertiary/aromatic N) is 1. The van der Waals surface area contributed by atoms with Crippen molar-refractivity contribution in [3.8, 4) is 0 Å². The molecule has 1 heterocycles. The predicted molar refractivity (Wildman–Crippen MR) is 76.6 cm³/mol. The van der Waals surface area contributed by atoms with Gasteiger partial charge in [-0.15, -0.1) is 11.6 Å². The van der Waals surface area contributed by atoms with Crippen LogP contribution in [0.2, 0.25) is 0 Å². The lowest BCUT2D eigenvalue weighted by Gasteiger charge is -2.31. The molecule has 1 aliphatic heterocycles. The van der Waals surface area contributed by atoms with E-state index in [4.69, 9.17) is 11.6 Å². The summed E-state index contributed by atoms with van der Waals surface area (Å²) < 4.78 is 24.5. The fourth-order valence-electron chi connectivity index (χ4n) is 2.31. The second-order valence-corrected chi connectivity index (χ2v) is 7.98. The standard InChI is InChI=1S/C12H25ClN2O2S/c1-11(13)5-3-7-14-9-12-6-4-8-15(10-12)18(2,16)17/h11-12,14H,3-10H2,1-2H3. The largest absolute Gasteiger partial charge is 0.316 e. The second-order valence-electron chi connectivity index (χ2n) is 5.26. The fraction of sp³-hybridized carbons (Fsp3) is 1.00. The van der Waals surface area contributed by atoms with Crippen LogP contribution in [-0.2, 0) is 10.0 Å². The maximum Gasteiger partial charge on any atom is 0.211 e. The van der Waals surface area contributed by atoms with E-state index in [9.17, 15) is 8.42 Å². The maximum atomic E-state index is 11.5. The van der Waals surface area contributed by atoms with E-state index >= 15 is 0 Å². The summed E-state index contributed by atoms with van der Waals surface area (Å²) in [4.78, 5) is 0. The van der Waals surface area contributed by atoms with Crippen molar-refractivity contribution in [2.24, 2.45) is 5.92 Å². The Hall–Kier alpha value is 0.160. The van der Waals surface area contributed by atoms with Crippen molar-refractivity contribution < 1.29 is 8.42 Å². The second kappa shape index (κ2) is 7.68. The van der Waals surface area contributed by atoms with Crippen molar-refractivity contribution in [2.45, 2.75) is 38.0 Å². The van der Waals surface area contributed by atoms with Gasteiger partial charge in [-0.05, 0) is 51.6 Å². The molecule has 0 aromatic heterocycles. The Balaban J connectivity index is 2.19. The smallest absolute Gasteiger partial charge is 0.211 e. The van der Waals surface area contributed by atoms with Gasteiger partial charge in [0.25, 0.3) is 0 Å². The first kappa shape index (κ1) is 16.2. The quantitative estimate of drug-likeness (QED) is 0.574. The Labute approximate surface area is 116 Å². The van der Waals surface area contributed by atoms with Crippen LogP contribution in [0.3, 0.4) is 0 Å². The number of hydrogen-bond donors (Lipinski definition) is 1. The number of piperidine rings is 1. The Bertz CT molecular complexity index is 333. The molecule has 2 unspecified atom stereocenters. The Morgan fingerprint density at radius 2 is 2.22 bits per heavy atom. The van der Waals surface area contributed by atoms with Gasteiger partial charge in [0.15, 0.2) is 0 Å². The van der Waals surface area contributed by atoms with Crippen LogP contribution in [0.4, 0.5) is 0 Å². The summed E-state index contributed by atoms with van der Waals surface area (Å²) in [5, 5.41) is 3.64. The molecule has 6 heteroatoms. The Kier molecular flexibility index (Phi) is 6.92. The molecule has 0 amide bonds. The van der Waals surface area contributed by atoms with E-state index in [0.717, 1.165) is 38.8 Å². The molecule has 0 radical (unpaired) electrons. The van der Waals surface area contributed by atoms with Crippen LogP contribution in [0.25, 0.3) is 0 Å². The number of halogens is 1. The highest BCUT2D eigenvalue weighted by Gasteiger charge is 2.25. The fourth-order valence-corrected chi connectivity index (χ4v) is 3.41. The van der Waals surface area contributed by atoms with Gasteiger partial charge in [0.2, 0.25) is 10.0 Å². The first-order chi connectivity index (χ1) is 8.39. The summed E-state index contributed by atoms with van der Waals surface area (Å²) in [6, 6.07) is 0. The van der Waals surface area contributed by atoms with Gasteiger partial charge in [-0.3, -0.25) is 0 Å². The van der Waals surface area contributed by atoms with Crippen LogP contribution in [0.15, 0.2) is 0 Å². The zero-order valence-electron chi connectivity index (χ0n) is 11.4. The minimum atomic E-state index is -3.02. The molecular weight excluding hydrogens is 272 g/mol. The van der Waals surface area contributed by atoms with Gasteiger partial charge >= 0.3 is 0 Å². The van der Waals surface area contributed by atoms with Crippen molar-refractivity contribution in [2.75, 3.05) is 32.4 Å². The lowest BCUT2D eigenvalue weighted by atomic mass is 10.00. The highest BCUT2D eigenvalue weighted by atomic mass is 35.5. The zero-order valence-corrected chi connectivity index (χ0v) is 12.9. The van der Waals surface area contributed by atoms with Gasteiger partial charge in [0.1, 0.15) is 0 Å². The van der Waals surface area contributed by atoms with Gasteiger partial charge in [0.05, 0.1) is 6.26 Å². The van der Waals surface area contributed by atoms with Crippen LogP contribution in [-0.4, -0.2) is 50.5 Å². The van der Waals surface area contributed by atoms with Crippen molar-refractivity contribution in [1.29, 1.82) is 0 Å². The molecule has 1 rings (SSSR count). The molecule has 0 saturated carbocycles. The lowest BCUT2D eigenvalue weighted by Crippen LogP contribution is -2.42. The highest BCUT2D eigenvalue weighted by Crippen LogP contribution is 2.17. The van der Waals surface area contributed by atoms with E-state index in [0.29, 0.717) is 19.0 Å². The molecule has 1 fully saturated rings. The van der Waals surface area contributed by atoms with Crippen molar-refractivity contribution in [3.63, 3.8) is 0 Å². The van der Waals surface area contributed by atoms with Crippen LogP contribution >= 0.6 is 11.6 Å². The third-order valence-electron chi connectivity index (χ3n) is 3.34. The number of rotatable bonds is 7. The highest BCUT2D eigenvalue weighted by molar-refractivity contribution is 7.88. The van der Waals surface area contributed by atoms with Crippen molar-refractivity contribution >= 4 is 21.6 Å². The molecule has 1 saturated heterocycles. The predicted octanol–water partition coefficient (Wildman–Crippen LogP) is 1.66. The number of hydrogen-bond acceptors (Lipinski definition) is 3. The van der Waals surface area contributed by atoms with E-state index in [2.05, 4.69) is 5.32 Å². The van der Waals surface area contributed by atoms with Crippen LogP contribution in [0.1, 0.15) is 32.6 Å². The molecule has 0 aromatic rings. The number of sulfonamides is 1. The third kappa shape index (κ3) is 6.36. The minimum Gasteiger partial charge on any atom is -0.316 e. The van der Waals surface area contributed by atoms with Crippen LogP contribution in [0.5, 0.6) is 0 Å². The number of alkyl halides is 1. The van der Waals surface area contributed by atoms with E-state index in [1.165, 1.54) is 6.26 Å². The molecule has 1 aliphatic rings. The monoisotopic (exact) mass is 296 g/mol. The van der Waals surface area contributed by atoms with Crippen LogP contribution < -0.4 is 5.32 Å². The van der Waals surface area contributed by atoms with E-state index < -0.39 is 10.0 Å². The average Bonchev–Trinajstić information content (AvgIpc) is 2.27. The normalized spacial score (nSPS) is 24.1. The molecule has 108 valence electrons. The van der Waals surface area contributed by atoms with Gasteiger partial charge in [-0.2, -0.15) is 0 Å². The molecular formula is C12H25ClN2O2S. The molecule has 0 spiro atoms. The molecule has 0 aliphatic carbocycles. The van der Waals surface area contributed by atoms with E-state index in [-0.39, 0.29) is 5.38 Å². The van der Waals surface area contributed by atoms with Gasteiger partial charge in [-0.25, -0.2) is 12.7 Å². The van der Waals surface area contributed by atoms with Crippen molar-refractivity contribution in [3.05, 3.63) is 0 Å². The first-order valence-corrected chi connectivity index (χ1v) is 8.98. The topological polar surface area (TPSA) is 49.4 Å². The molecule has 0 bridgehead atoms. The van der Waals surface area contributed by atoms with Crippen LogP contribution in [0, 0.1) is 5.92 Å². The summed E-state index contributed by atoms with van der Waals surface area (Å²) in [6.45, 7) is 5.22. The molecule has 18 heavy (non-hydrogen) atoms. The number of nitrogens with one attached hydrogen (secondary N) is 1. The molecule has 4 nitrogen and oxygen atoms in total. The lowest BCUT2D eigenvalue weighted by molar-refractivity contribution is 0.261. The SMILES string of the molecule is CC(Cl)CCCNCC1CCCN(S(C)(=O)=O)C1. The summed E-state index contributed by atoms with van der Waals surface area (Å²) >= 11 is 5.87. The van der Waals surface area contributed by atoms with E-state index in [1.807, 2.05) is 6.92 Å². The van der Waals surface area contributed by atoms with E-state index in [1.54, 1.807) is 4.31 Å². The van der Waals surface area contributed by atoms with Gasteiger partial charge < -0.3 is 5.32 Å². The molecule has 2 atom stereocenters. The Morgan fingerprint density at radius 1 is 1.50 bits per heavy atom. The van der Waals surface area contributed by atoms with Crippen molar-refractivity contribution in [1.82, 2.24) is 9.62 Å².